The maximum absolute atomic E-state index is 13.9. The largest absolute Gasteiger partial charge is 0.403 e. The van der Waals surface area contributed by atoms with Crippen molar-refractivity contribution < 1.29 is 26.4 Å². The highest BCUT2D eigenvalue weighted by Gasteiger charge is 2.28. The van der Waals surface area contributed by atoms with Gasteiger partial charge < -0.3 is 4.42 Å². The van der Waals surface area contributed by atoms with Crippen LogP contribution in [0.25, 0.3) is 11.5 Å². The van der Waals surface area contributed by atoms with Gasteiger partial charge in [-0.25, -0.2) is 17.2 Å². The van der Waals surface area contributed by atoms with Crippen LogP contribution in [-0.4, -0.2) is 41.9 Å². The second-order valence-corrected chi connectivity index (χ2v) is 9.54. The van der Waals surface area contributed by atoms with Crippen LogP contribution in [0.5, 0.6) is 0 Å². The lowest BCUT2D eigenvalue weighted by Gasteiger charge is -2.29. The summed E-state index contributed by atoms with van der Waals surface area (Å²) in [5.41, 5.74) is 0.0602. The Morgan fingerprint density at radius 1 is 1.09 bits per heavy atom. The lowest BCUT2D eigenvalue weighted by molar-refractivity contribution is 0.102. The highest BCUT2D eigenvalue weighted by molar-refractivity contribution is 7.89. The third kappa shape index (κ3) is 4.53. The third-order valence-electron chi connectivity index (χ3n) is 5.30. The Balaban J connectivity index is 1.45. The Hall–Kier alpha value is -3.18. The van der Waals surface area contributed by atoms with E-state index in [2.05, 4.69) is 22.4 Å². The van der Waals surface area contributed by atoms with Crippen molar-refractivity contribution in [2.24, 2.45) is 5.92 Å². The van der Waals surface area contributed by atoms with Crippen LogP contribution in [0, 0.1) is 17.6 Å². The van der Waals surface area contributed by atoms with E-state index in [0.29, 0.717) is 25.1 Å². The fourth-order valence-electron chi connectivity index (χ4n) is 3.37. The van der Waals surface area contributed by atoms with Gasteiger partial charge in [-0.1, -0.05) is 12.0 Å². The van der Waals surface area contributed by atoms with E-state index in [1.165, 1.54) is 28.6 Å². The number of nitrogens with one attached hydrogen (secondary N) is 1. The molecule has 1 aliphatic heterocycles. The highest BCUT2D eigenvalue weighted by Crippen LogP contribution is 2.25. The third-order valence-corrected chi connectivity index (χ3v) is 7.22. The Bertz CT molecular complexity index is 1240. The number of rotatable bonds is 5. The van der Waals surface area contributed by atoms with Gasteiger partial charge in [-0.15, -0.1) is 5.10 Å². The van der Waals surface area contributed by atoms with Crippen molar-refractivity contribution in [3.05, 3.63) is 59.7 Å². The number of halogens is 2. The fourth-order valence-corrected chi connectivity index (χ4v) is 4.84. The second kappa shape index (κ2) is 8.75. The van der Waals surface area contributed by atoms with E-state index in [0.717, 1.165) is 25.0 Å². The summed E-state index contributed by atoms with van der Waals surface area (Å²) in [5.74, 6) is -1.98. The molecule has 32 heavy (non-hydrogen) atoms. The van der Waals surface area contributed by atoms with Gasteiger partial charge in [-0.2, -0.15) is 4.31 Å². The number of hydrogen-bond acceptors (Lipinski definition) is 6. The first kappa shape index (κ1) is 22.0. The van der Waals surface area contributed by atoms with E-state index in [1.54, 1.807) is 0 Å². The molecule has 8 nitrogen and oxygen atoms in total. The lowest BCUT2D eigenvalue weighted by atomic mass is 10.0. The number of hydrogen-bond donors (Lipinski definition) is 1. The minimum atomic E-state index is -3.62. The molecule has 4 rings (SSSR count). The Kier molecular flexibility index (Phi) is 6.02. The van der Waals surface area contributed by atoms with Gasteiger partial charge in [0.2, 0.25) is 10.0 Å². The molecular weight excluding hydrogens is 442 g/mol. The molecule has 0 radical (unpaired) electrons. The molecule has 1 N–H and O–H groups in total. The molecule has 11 heteroatoms. The monoisotopic (exact) mass is 462 g/mol. The van der Waals surface area contributed by atoms with Gasteiger partial charge in [0.15, 0.2) is 0 Å². The molecule has 168 valence electrons. The Morgan fingerprint density at radius 3 is 2.44 bits per heavy atom. The summed E-state index contributed by atoms with van der Waals surface area (Å²) in [6.07, 6.45) is 1.63. The Morgan fingerprint density at radius 2 is 1.78 bits per heavy atom. The molecule has 2 aromatic carbocycles. The first-order valence-corrected chi connectivity index (χ1v) is 11.4. The van der Waals surface area contributed by atoms with Gasteiger partial charge in [-0.3, -0.25) is 10.1 Å². The molecule has 1 aromatic heterocycles. The first-order valence-electron chi connectivity index (χ1n) is 9.94. The van der Waals surface area contributed by atoms with Crippen molar-refractivity contribution in [3.63, 3.8) is 0 Å². The summed E-state index contributed by atoms with van der Waals surface area (Å²) in [4.78, 5) is 12.6. The standard InChI is InChI=1S/C21H20F2N4O4S/c1-13-8-10-27(11-9-13)32(29,30)16-5-2-14(3-6-16)19(28)24-21-26-25-20(31-21)17-7-4-15(22)12-18(17)23/h2-7,12-13H,8-11H2,1H3,(H,24,26,28). The summed E-state index contributed by atoms with van der Waals surface area (Å²) in [5, 5.41) is 9.65. The molecule has 1 amide bonds. The normalized spacial score (nSPS) is 15.6. The molecule has 0 spiro atoms. The summed E-state index contributed by atoms with van der Waals surface area (Å²) < 4.78 is 59.2. The highest BCUT2D eigenvalue weighted by atomic mass is 32.2. The van der Waals surface area contributed by atoms with Crippen LogP contribution in [0.2, 0.25) is 0 Å². The van der Waals surface area contributed by atoms with E-state index < -0.39 is 27.6 Å². The topological polar surface area (TPSA) is 105 Å². The van der Waals surface area contributed by atoms with Crippen LogP contribution in [0.4, 0.5) is 14.8 Å². The smallest absolute Gasteiger partial charge is 0.322 e. The van der Waals surface area contributed by atoms with E-state index >= 15 is 0 Å². The zero-order valence-corrected chi connectivity index (χ0v) is 17.9. The van der Waals surface area contributed by atoms with Crippen LogP contribution in [0.3, 0.4) is 0 Å². The minimum absolute atomic E-state index is 0.107. The van der Waals surface area contributed by atoms with Crippen LogP contribution in [0.15, 0.2) is 51.8 Å². The zero-order valence-electron chi connectivity index (χ0n) is 17.1. The van der Waals surface area contributed by atoms with E-state index in [9.17, 15) is 22.0 Å². The molecule has 0 saturated carbocycles. The summed E-state index contributed by atoms with van der Waals surface area (Å²) in [7, 11) is -3.62. The number of carbonyl (C=O) groups excluding carboxylic acids is 1. The average molecular weight is 462 g/mol. The number of piperidine rings is 1. The van der Waals surface area contributed by atoms with Crippen LogP contribution >= 0.6 is 0 Å². The lowest BCUT2D eigenvalue weighted by Crippen LogP contribution is -2.37. The molecule has 1 aliphatic rings. The van der Waals surface area contributed by atoms with Gasteiger partial charge in [0, 0.05) is 24.7 Å². The van der Waals surface area contributed by atoms with Crippen LogP contribution in [0.1, 0.15) is 30.1 Å². The first-order chi connectivity index (χ1) is 15.2. The maximum Gasteiger partial charge on any atom is 0.322 e. The van der Waals surface area contributed by atoms with Crippen LogP contribution in [-0.2, 0) is 10.0 Å². The van der Waals surface area contributed by atoms with E-state index in [-0.39, 0.29) is 27.9 Å². The van der Waals surface area contributed by atoms with Gasteiger partial charge in [0.05, 0.1) is 10.5 Å². The summed E-state index contributed by atoms with van der Waals surface area (Å²) in [6.45, 7) is 3.04. The van der Waals surface area contributed by atoms with Crippen molar-refractivity contribution in [2.45, 2.75) is 24.7 Å². The van der Waals surface area contributed by atoms with Crippen molar-refractivity contribution >= 4 is 21.9 Å². The molecule has 1 fully saturated rings. The van der Waals surface area contributed by atoms with Gasteiger partial charge in [-0.05, 0) is 55.2 Å². The molecule has 3 aromatic rings. The number of aromatic nitrogens is 2. The number of amides is 1. The van der Waals surface area contributed by atoms with Crippen molar-refractivity contribution in [1.29, 1.82) is 0 Å². The van der Waals surface area contributed by atoms with E-state index in [4.69, 9.17) is 4.42 Å². The van der Waals surface area contributed by atoms with Crippen molar-refractivity contribution in [1.82, 2.24) is 14.5 Å². The summed E-state index contributed by atoms with van der Waals surface area (Å²) >= 11 is 0. The molecular formula is C21H20F2N4O4S. The average Bonchev–Trinajstić information content (AvgIpc) is 3.22. The molecule has 0 atom stereocenters. The molecule has 0 aliphatic carbocycles. The second-order valence-electron chi connectivity index (χ2n) is 7.60. The Labute approximate surface area is 183 Å². The number of nitrogens with zero attached hydrogens (tertiary/aromatic N) is 3. The molecule has 0 unspecified atom stereocenters. The number of anilines is 1. The predicted molar refractivity (Wildman–Crippen MR) is 111 cm³/mol. The van der Waals surface area contributed by atoms with Crippen molar-refractivity contribution in [2.75, 3.05) is 18.4 Å². The quantitative estimate of drug-likeness (QED) is 0.620. The zero-order chi connectivity index (χ0) is 22.9. The number of benzene rings is 2. The SMILES string of the molecule is CC1CCN(S(=O)(=O)c2ccc(C(=O)Nc3nnc(-c4ccc(F)cc4F)o3)cc2)CC1. The number of carbonyl (C=O) groups is 1. The predicted octanol–water partition coefficient (Wildman–Crippen LogP) is 3.69. The molecule has 2 heterocycles. The fraction of sp³-hybridized carbons (Fsp3) is 0.286. The minimum Gasteiger partial charge on any atom is -0.403 e. The maximum atomic E-state index is 13.9. The summed E-state index contributed by atoms with van der Waals surface area (Å²) in [6, 6.07) is 8.08. The van der Waals surface area contributed by atoms with Gasteiger partial charge >= 0.3 is 6.01 Å². The van der Waals surface area contributed by atoms with Crippen molar-refractivity contribution in [3.8, 4) is 11.5 Å². The van der Waals surface area contributed by atoms with Crippen LogP contribution < -0.4 is 5.32 Å². The van der Waals surface area contributed by atoms with E-state index in [1.807, 2.05) is 0 Å². The number of sulfonamides is 1. The van der Waals surface area contributed by atoms with Gasteiger partial charge in [0.1, 0.15) is 11.6 Å². The molecule has 0 bridgehead atoms. The molecule has 1 saturated heterocycles. The van der Waals surface area contributed by atoms with Gasteiger partial charge in [0.25, 0.3) is 11.8 Å².